The second-order valence-electron chi connectivity index (χ2n) is 6.95. The smallest absolute Gasteiger partial charge is 0.308 e. The quantitative estimate of drug-likeness (QED) is 0.311. The van der Waals surface area contributed by atoms with Gasteiger partial charge < -0.3 is 14.8 Å². The molecule has 166 valence electrons. The molecule has 2 atom stereocenters. The van der Waals surface area contributed by atoms with E-state index < -0.39 is 34.8 Å². The van der Waals surface area contributed by atoms with E-state index in [1.165, 1.54) is 43.3 Å². The molecular weight excluding hydrogens is 475 g/mol. The third kappa shape index (κ3) is 7.02. The predicted molar refractivity (Wildman–Crippen MR) is 114 cm³/mol. The number of ether oxygens (including phenoxy) is 2. The molecule has 10 heteroatoms. The number of halogens is 2. The highest BCUT2D eigenvalue weighted by atomic mass is 79.9. The van der Waals surface area contributed by atoms with Crippen LogP contribution in [0.2, 0.25) is 0 Å². The summed E-state index contributed by atoms with van der Waals surface area (Å²) in [4.78, 5) is 35.8. The normalized spacial score (nSPS) is 12.7. The van der Waals surface area contributed by atoms with Gasteiger partial charge in [0.15, 0.2) is 6.10 Å². The summed E-state index contributed by atoms with van der Waals surface area (Å²) < 4.78 is 24.3. The van der Waals surface area contributed by atoms with E-state index in [1.54, 1.807) is 19.9 Å². The van der Waals surface area contributed by atoms with Crippen molar-refractivity contribution in [3.05, 3.63) is 68.4 Å². The van der Waals surface area contributed by atoms with E-state index in [2.05, 4.69) is 21.2 Å². The van der Waals surface area contributed by atoms with E-state index in [0.717, 1.165) is 0 Å². The van der Waals surface area contributed by atoms with Crippen LogP contribution in [0.4, 0.5) is 10.1 Å². The Kier molecular flexibility index (Phi) is 8.49. The van der Waals surface area contributed by atoms with Crippen LogP contribution < -0.4 is 10.1 Å². The van der Waals surface area contributed by atoms with E-state index in [0.29, 0.717) is 4.47 Å². The standard InChI is InChI=1S/C21H22BrFN2O6/c1-12(2)30-20(26)11-17(15-6-4-5-7-18(15)25(28)29)24-21(27)13(3)31-19-9-8-14(23)10-16(19)22/h4-10,12-13,17H,11H2,1-3H3,(H,24,27). The molecule has 0 bridgehead atoms. The summed E-state index contributed by atoms with van der Waals surface area (Å²) in [5.41, 5.74) is -0.0725. The zero-order valence-electron chi connectivity index (χ0n) is 17.1. The molecule has 0 aliphatic carbocycles. The van der Waals surface area contributed by atoms with Gasteiger partial charge in [-0.2, -0.15) is 0 Å². The summed E-state index contributed by atoms with van der Waals surface area (Å²) in [6.45, 7) is 4.81. The van der Waals surface area contributed by atoms with Gasteiger partial charge >= 0.3 is 5.97 Å². The van der Waals surface area contributed by atoms with Crippen LogP contribution in [0, 0.1) is 15.9 Å². The zero-order chi connectivity index (χ0) is 23.1. The van der Waals surface area contributed by atoms with Gasteiger partial charge in [-0.05, 0) is 54.9 Å². The lowest BCUT2D eigenvalue weighted by Crippen LogP contribution is -2.39. The van der Waals surface area contributed by atoms with Crippen LogP contribution in [-0.2, 0) is 14.3 Å². The lowest BCUT2D eigenvalue weighted by Gasteiger charge is -2.22. The van der Waals surface area contributed by atoms with Crippen molar-refractivity contribution in [1.29, 1.82) is 0 Å². The number of para-hydroxylation sites is 1. The van der Waals surface area contributed by atoms with Gasteiger partial charge in [-0.1, -0.05) is 18.2 Å². The average molecular weight is 497 g/mol. The lowest BCUT2D eigenvalue weighted by atomic mass is 10.0. The molecular formula is C21H22BrFN2O6. The molecule has 1 amide bonds. The van der Waals surface area contributed by atoms with Gasteiger partial charge in [0.1, 0.15) is 11.6 Å². The number of nitro benzene ring substituents is 1. The summed E-state index contributed by atoms with van der Waals surface area (Å²) in [5.74, 6) is -1.47. The minimum atomic E-state index is -1.03. The lowest BCUT2D eigenvalue weighted by molar-refractivity contribution is -0.385. The van der Waals surface area contributed by atoms with Gasteiger partial charge in [0.25, 0.3) is 11.6 Å². The highest BCUT2D eigenvalue weighted by Crippen LogP contribution is 2.29. The number of rotatable bonds is 9. The van der Waals surface area contributed by atoms with Gasteiger partial charge in [0.2, 0.25) is 0 Å². The van der Waals surface area contributed by atoms with Crippen molar-refractivity contribution in [2.24, 2.45) is 0 Å². The largest absolute Gasteiger partial charge is 0.480 e. The molecule has 0 radical (unpaired) electrons. The maximum Gasteiger partial charge on any atom is 0.308 e. The molecule has 2 aromatic rings. The summed E-state index contributed by atoms with van der Waals surface area (Å²) in [6.07, 6.45) is -1.72. The number of nitrogens with one attached hydrogen (secondary N) is 1. The Labute approximate surface area is 187 Å². The van der Waals surface area contributed by atoms with Gasteiger partial charge in [0, 0.05) is 6.07 Å². The Morgan fingerprint density at radius 2 is 1.87 bits per heavy atom. The molecule has 0 aliphatic heterocycles. The minimum absolute atomic E-state index is 0.164. The molecule has 8 nitrogen and oxygen atoms in total. The highest BCUT2D eigenvalue weighted by Gasteiger charge is 2.28. The van der Waals surface area contributed by atoms with Crippen LogP contribution in [-0.4, -0.2) is 29.0 Å². The number of amides is 1. The van der Waals surface area contributed by atoms with Crippen molar-refractivity contribution in [2.45, 2.75) is 45.4 Å². The van der Waals surface area contributed by atoms with E-state index in [9.17, 15) is 24.1 Å². The van der Waals surface area contributed by atoms with Crippen molar-refractivity contribution in [2.75, 3.05) is 0 Å². The molecule has 31 heavy (non-hydrogen) atoms. The van der Waals surface area contributed by atoms with Crippen molar-refractivity contribution in [1.82, 2.24) is 5.32 Å². The number of hydrogen-bond acceptors (Lipinski definition) is 6. The molecule has 0 spiro atoms. The van der Waals surface area contributed by atoms with Crippen LogP contribution in [0.1, 0.15) is 38.8 Å². The number of carbonyl (C=O) groups excluding carboxylic acids is 2. The van der Waals surface area contributed by atoms with E-state index in [1.807, 2.05) is 0 Å². The Morgan fingerprint density at radius 1 is 1.19 bits per heavy atom. The number of benzene rings is 2. The molecule has 0 aliphatic rings. The van der Waals surface area contributed by atoms with Gasteiger partial charge in [-0.15, -0.1) is 0 Å². The van der Waals surface area contributed by atoms with Gasteiger partial charge in [0.05, 0.1) is 33.5 Å². The second kappa shape index (κ2) is 10.9. The molecule has 0 fully saturated rings. The highest BCUT2D eigenvalue weighted by molar-refractivity contribution is 9.10. The third-order valence-electron chi connectivity index (χ3n) is 4.13. The molecule has 0 heterocycles. The second-order valence-corrected chi connectivity index (χ2v) is 7.81. The topological polar surface area (TPSA) is 108 Å². The fourth-order valence-corrected chi connectivity index (χ4v) is 3.21. The Balaban J connectivity index is 2.24. The Bertz CT molecular complexity index is 969. The third-order valence-corrected chi connectivity index (χ3v) is 4.75. The van der Waals surface area contributed by atoms with Crippen molar-refractivity contribution < 1.29 is 28.4 Å². The van der Waals surface area contributed by atoms with Crippen LogP contribution in [0.5, 0.6) is 5.75 Å². The maximum absolute atomic E-state index is 13.3. The minimum Gasteiger partial charge on any atom is -0.480 e. The Hall–Kier alpha value is -3.01. The van der Waals surface area contributed by atoms with Crippen molar-refractivity contribution in [3.8, 4) is 5.75 Å². The number of hydrogen-bond donors (Lipinski definition) is 1. The van der Waals surface area contributed by atoms with Crippen molar-refractivity contribution in [3.63, 3.8) is 0 Å². The monoisotopic (exact) mass is 496 g/mol. The average Bonchev–Trinajstić information content (AvgIpc) is 2.68. The van der Waals surface area contributed by atoms with Crippen LogP contribution in [0.25, 0.3) is 0 Å². The molecule has 2 unspecified atom stereocenters. The first kappa shape index (κ1) is 24.3. The predicted octanol–water partition coefficient (Wildman–Crippen LogP) is 4.46. The number of carbonyl (C=O) groups is 2. The number of nitro groups is 1. The molecule has 2 aromatic carbocycles. The number of esters is 1. The van der Waals surface area contributed by atoms with Crippen LogP contribution >= 0.6 is 15.9 Å². The first-order valence-electron chi connectivity index (χ1n) is 9.43. The van der Waals surface area contributed by atoms with E-state index >= 15 is 0 Å². The molecule has 0 saturated carbocycles. The molecule has 0 aromatic heterocycles. The molecule has 0 saturated heterocycles. The summed E-state index contributed by atoms with van der Waals surface area (Å²) in [5, 5.41) is 14.1. The van der Waals surface area contributed by atoms with Crippen LogP contribution in [0.15, 0.2) is 46.9 Å². The summed E-state index contributed by atoms with van der Waals surface area (Å²) in [6, 6.07) is 8.55. The van der Waals surface area contributed by atoms with E-state index in [-0.39, 0.29) is 29.5 Å². The fraction of sp³-hybridized carbons (Fsp3) is 0.333. The summed E-state index contributed by atoms with van der Waals surface area (Å²) in [7, 11) is 0. The fourth-order valence-electron chi connectivity index (χ4n) is 2.77. The first-order valence-corrected chi connectivity index (χ1v) is 10.2. The number of nitrogens with zero attached hydrogens (tertiary/aromatic N) is 1. The maximum atomic E-state index is 13.3. The first-order chi connectivity index (χ1) is 14.6. The van der Waals surface area contributed by atoms with Crippen molar-refractivity contribution >= 4 is 33.5 Å². The van der Waals surface area contributed by atoms with Gasteiger partial charge in [-0.3, -0.25) is 19.7 Å². The SMILES string of the molecule is CC(C)OC(=O)CC(NC(=O)C(C)Oc1ccc(F)cc1Br)c1ccccc1[N+](=O)[O-]. The molecule has 2 rings (SSSR count). The Morgan fingerprint density at radius 3 is 2.48 bits per heavy atom. The zero-order valence-corrected chi connectivity index (χ0v) is 18.7. The summed E-state index contributed by atoms with van der Waals surface area (Å²) >= 11 is 3.16. The molecule has 1 N–H and O–H groups in total. The van der Waals surface area contributed by atoms with Crippen LogP contribution in [0.3, 0.4) is 0 Å². The van der Waals surface area contributed by atoms with Gasteiger partial charge in [-0.25, -0.2) is 4.39 Å². The van der Waals surface area contributed by atoms with E-state index in [4.69, 9.17) is 9.47 Å².